The highest BCUT2D eigenvalue weighted by molar-refractivity contribution is 5.99. The van der Waals surface area contributed by atoms with E-state index in [4.69, 9.17) is 0 Å². The SMILES string of the molecule is C/C=C/CC(C)C(C)C1C(=O)NC(C)C(=O)N(C)CC(=O)N(C)C(CC(C)C)C(=O)NC(C(C)C)C(=O)N(C)C(CC(C)C)C(=O)NC(C)C(=O)NC(C)C(=O)N(C)C(CC(C)C)C(=O)N(C)C(CC(C)C)C(=O)N(C)C(C(C)C)C(=O)N1C. The Balaban J connectivity index is 4.28. The summed E-state index contributed by atoms with van der Waals surface area (Å²) in [5.41, 5.74) is 0. The van der Waals surface area contributed by atoms with Crippen LogP contribution < -0.4 is 21.3 Å². The van der Waals surface area contributed by atoms with E-state index in [1.807, 2.05) is 88.3 Å². The Morgan fingerprint density at radius 1 is 0.405 bits per heavy atom. The fourth-order valence-corrected chi connectivity index (χ4v) is 10.8. The molecule has 0 aromatic heterocycles. The summed E-state index contributed by atoms with van der Waals surface area (Å²) in [4.78, 5) is 169. The molecule has 0 bridgehead atoms. The first-order chi connectivity index (χ1) is 38.7. The van der Waals surface area contributed by atoms with Gasteiger partial charge in [0.1, 0.15) is 60.4 Å². The smallest absolute Gasteiger partial charge is 0.246 e. The number of rotatable bonds is 14. The number of hydrogen-bond donors (Lipinski definition) is 4. The fourth-order valence-electron chi connectivity index (χ4n) is 10.8. The van der Waals surface area contributed by atoms with E-state index in [0.29, 0.717) is 6.42 Å². The monoisotopic (exact) mass is 1190 g/mol. The van der Waals surface area contributed by atoms with Gasteiger partial charge in [0, 0.05) is 49.3 Å². The second-order valence-corrected chi connectivity index (χ2v) is 26.2. The zero-order valence-corrected chi connectivity index (χ0v) is 55.9. The molecule has 12 atom stereocenters. The van der Waals surface area contributed by atoms with Crippen LogP contribution in [0.1, 0.15) is 157 Å². The number of allylic oxidation sites excluding steroid dienone is 2. The lowest BCUT2D eigenvalue weighted by molar-refractivity contribution is -0.156. The first-order valence-corrected chi connectivity index (χ1v) is 30.3. The fraction of sp³-hybridized carbons (Fsp3) is 0.790. The van der Waals surface area contributed by atoms with Crippen LogP contribution in [0.2, 0.25) is 0 Å². The van der Waals surface area contributed by atoms with Gasteiger partial charge >= 0.3 is 0 Å². The van der Waals surface area contributed by atoms with Crippen LogP contribution in [0, 0.1) is 47.3 Å². The molecule has 1 fully saturated rings. The Kier molecular flexibility index (Phi) is 30.9. The normalized spacial score (nSPS) is 27.1. The van der Waals surface area contributed by atoms with E-state index in [2.05, 4.69) is 21.3 Å². The highest BCUT2D eigenvalue weighted by Gasteiger charge is 2.45. The Bertz CT molecular complexity index is 2300. The van der Waals surface area contributed by atoms with E-state index in [0.717, 1.165) is 4.90 Å². The molecule has 0 spiro atoms. The molecule has 11 amide bonds. The van der Waals surface area contributed by atoms with Crippen LogP contribution in [-0.4, -0.2) is 216 Å². The molecule has 0 aromatic rings. The van der Waals surface area contributed by atoms with Crippen molar-refractivity contribution in [1.82, 2.24) is 55.6 Å². The van der Waals surface area contributed by atoms with Gasteiger partial charge in [-0.3, -0.25) is 52.7 Å². The number of hydrogen-bond acceptors (Lipinski definition) is 11. The van der Waals surface area contributed by atoms with Crippen molar-refractivity contribution in [3.63, 3.8) is 0 Å². The summed E-state index contributed by atoms with van der Waals surface area (Å²) in [6.07, 6.45) is 5.13. The number of nitrogens with zero attached hydrogens (tertiary/aromatic N) is 7. The van der Waals surface area contributed by atoms with Crippen LogP contribution >= 0.6 is 0 Å². The van der Waals surface area contributed by atoms with Crippen molar-refractivity contribution in [1.29, 1.82) is 0 Å². The molecule has 1 aliphatic heterocycles. The maximum Gasteiger partial charge on any atom is 0.246 e. The lowest BCUT2D eigenvalue weighted by Crippen LogP contribution is -2.62. The first-order valence-electron chi connectivity index (χ1n) is 30.3. The van der Waals surface area contributed by atoms with Crippen molar-refractivity contribution in [3.05, 3.63) is 12.2 Å². The summed E-state index contributed by atoms with van der Waals surface area (Å²) in [6, 6.07) is -11.5. The van der Waals surface area contributed by atoms with Gasteiger partial charge in [-0.1, -0.05) is 109 Å². The maximum atomic E-state index is 15.2. The largest absolute Gasteiger partial charge is 0.343 e. The number of amides is 11. The Hall–Kier alpha value is -6.09. The molecule has 0 aliphatic carbocycles. The third-order valence-corrected chi connectivity index (χ3v) is 16.3. The van der Waals surface area contributed by atoms with Crippen LogP contribution in [0.25, 0.3) is 0 Å². The predicted molar refractivity (Wildman–Crippen MR) is 327 cm³/mol. The van der Waals surface area contributed by atoms with E-state index in [-0.39, 0.29) is 55.3 Å². The molecule has 12 unspecified atom stereocenters. The highest BCUT2D eigenvalue weighted by Crippen LogP contribution is 2.28. The lowest BCUT2D eigenvalue weighted by atomic mass is 9.84. The molecule has 84 heavy (non-hydrogen) atoms. The van der Waals surface area contributed by atoms with Crippen LogP contribution in [0.4, 0.5) is 0 Å². The summed E-state index contributed by atoms with van der Waals surface area (Å²) < 4.78 is 0. The summed E-state index contributed by atoms with van der Waals surface area (Å²) in [6.45, 7) is 31.7. The molecule has 22 heteroatoms. The Morgan fingerprint density at radius 3 is 1.24 bits per heavy atom. The van der Waals surface area contributed by atoms with E-state index < -0.39 is 150 Å². The topological polar surface area (TPSA) is 259 Å². The molecule has 0 radical (unpaired) electrons. The van der Waals surface area contributed by atoms with E-state index in [9.17, 15) is 43.2 Å². The average Bonchev–Trinajstić information content (AvgIpc) is 2.58. The van der Waals surface area contributed by atoms with Crippen molar-refractivity contribution >= 4 is 65.0 Å². The van der Waals surface area contributed by atoms with Gasteiger partial charge in [0.15, 0.2) is 0 Å². The van der Waals surface area contributed by atoms with Crippen molar-refractivity contribution in [2.75, 3.05) is 55.9 Å². The summed E-state index contributed by atoms with van der Waals surface area (Å²) in [5.74, 6) is -8.95. The van der Waals surface area contributed by atoms with Crippen LogP contribution in [-0.2, 0) is 52.7 Å². The van der Waals surface area contributed by atoms with Gasteiger partial charge in [0.2, 0.25) is 65.0 Å². The van der Waals surface area contributed by atoms with Gasteiger partial charge in [-0.25, -0.2) is 0 Å². The van der Waals surface area contributed by atoms with Crippen molar-refractivity contribution in [3.8, 4) is 0 Å². The van der Waals surface area contributed by atoms with Crippen molar-refractivity contribution in [2.24, 2.45) is 47.3 Å². The third-order valence-electron chi connectivity index (χ3n) is 16.3. The minimum Gasteiger partial charge on any atom is -0.343 e. The average molecular weight is 1190 g/mol. The van der Waals surface area contributed by atoms with E-state index >= 15 is 9.59 Å². The maximum absolute atomic E-state index is 15.2. The second-order valence-electron chi connectivity index (χ2n) is 26.2. The Morgan fingerprint density at radius 2 is 0.786 bits per heavy atom. The summed E-state index contributed by atoms with van der Waals surface area (Å²) >= 11 is 0. The van der Waals surface area contributed by atoms with Crippen molar-refractivity contribution < 1.29 is 52.7 Å². The molecular weight excluding hydrogens is 1070 g/mol. The molecule has 480 valence electrons. The second kappa shape index (κ2) is 34.2. The zero-order valence-electron chi connectivity index (χ0n) is 55.9. The third kappa shape index (κ3) is 21.2. The van der Waals surface area contributed by atoms with Crippen LogP contribution in [0.5, 0.6) is 0 Å². The van der Waals surface area contributed by atoms with Crippen LogP contribution in [0.15, 0.2) is 12.2 Å². The molecule has 22 nitrogen and oxygen atoms in total. The zero-order chi connectivity index (χ0) is 65.3. The van der Waals surface area contributed by atoms with Crippen LogP contribution in [0.3, 0.4) is 0 Å². The van der Waals surface area contributed by atoms with Gasteiger partial charge in [-0.15, -0.1) is 0 Å². The van der Waals surface area contributed by atoms with Gasteiger partial charge < -0.3 is 55.6 Å². The molecule has 0 aromatic carbocycles. The molecule has 0 saturated carbocycles. The minimum absolute atomic E-state index is 0.115. The molecule has 1 rings (SSSR count). The summed E-state index contributed by atoms with van der Waals surface area (Å²) in [5, 5.41) is 11.1. The number of carbonyl (C=O) groups excluding carboxylic acids is 11. The van der Waals surface area contributed by atoms with E-state index in [1.165, 1.54) is 99.5 Å². The van der Waals surface area contributed by atoms with Gasteiger partial charge in [0.25, 0.3) is 0 Å². The molecule has 1 heterocycles. The molecule has 1 saturated heterocycles. The first kappa shape index (κ1) is 75.9. The minimum atomic E-state index is -1.21. The van der Waals surface area contributed by atoms with Gasteiger partial charge in [-0.05, 0) is 107 Å². The quantitative estimate of drug-likeness (QED) is 0.180. The molecular formula is C62H111N11O11. The summed E-state index contributed by atoms with van der Waals surface area (Å²) in [7, 11) is 10.2. The number of carbonyl (C=O) groups is 11. The number of nitrogens with one attached hydrogen (secondary N) is 4. The number of likely N-dealkylation sites (N-methyl/N-ethyl adjacent to an activating group) is 7. The highest BCUT2D eigenvalue weighted by atomic mass is 16.2. The van der Waals surface area contributed by atoms with E-state index in [1.54, 1.807) is 27.7 Å². The Labute approximate surface area is 504 Å². The van der Waals surface area contributed by atoms with Gasteiger partial charge in [-0.2, -0.15) is 0 Å². The lowest BCUT2D eigenvalue weighted by Gasteiger charge is -2.42. The van der Waals surface area contributed by atoms with Crippen molar-refractivity contribution in [2.45, 2.75) is 217 Å². The standard InChI is InChI=1S/C62H111N11O11/c1-26-27-28-40(14)41(15)52-56(78)65-43(17)57(79)67(19)33-49(74)68(20)45(29-34(2)3)55(77)66-50(38(10)11)61(83)69(21)46(30-35(4)5)54(76)63-42(16)53(75)64-44(18)58(80)70(22)47(31-36(6)7)59(81)71(23)48(32-37(8)9)60(82)72(24)51(39(12)13)62(84)73(52)25/h26-27,34-48,50-52H,28-33H2,1-25H3,(H,63,76)(H,64,75)(H,65,78)(H,66,77)/b27-26+. The predicted octanol–water partition coefficient (Wildman–Crippen LogP) is 4.15. The molecule has 4 N–H and O–H groups in total. The van der Waals surface area contributed by atoms with Gasteiger partial charge in [0.05, 0.1) is 6.54 Å². The molecule has 1 aliphatic rings.